The van der Waals surface area contributed by atoms with Gasteiger partial charge in [0.25, 0.3) is 0 Å². The van der Waals surface area contributed by atoms with E-state index >= 15 is 0 Å². The number of aromatic nitrogens is 4. The quantitative estimate of drug-likeness (QED) is 0.503. The van der Waals surface area contributed by atoms with Crippen molar-refractivity contribution in [3.05, 3.63) is 52.3 Å². The van der Waals surface area contributed by atoms with Crippen LogP contribution in [0, 0.1) is 25.2 Å². The van der Waals surface area contributed by atoms with E-state index in [4.69, 9.17) is 9.72 Å². The Bertz CT molecular complexity index is 1220. The van der Waals surface area contributed by atoms with Gasteiger partial charge in [-0.05, 0) is 96.0 Å². The van der Waals surface area contributed by atoms with Crippen molar-refractivity contribution in [2.24, 2.45) is 11.3 Å². The van der Waals surface area contributed by atoms with E-state index in [0.717, 1.165) is 40.0 Å². The molecular formula is C27H36N4O3. The number of nitrogens with zero attached hydrogens (tertiary/aromatic N) is 4. The average molecular weight is 465 g/mol. The van der Waals surface area contributed by atoms with Gasteiger partial charge in [-0.1, -0.05) is 17.3 Å². The van der Waals surface area contributed by atoms with Crippen molar-refractivity contribution in [2.45, 2.75) is 86.0 Å². The number of esters is 1. The number of ether oxygens (including phenoxy) is 1. The van der Waals surface area contributed by atoms with Gasteiger partial charge in [0, 0.05) is 18.2 Å². The molecule has 34 heavy (non-hydrogen) atoms. The lowest BCUT2D eigenvalue weighted by Gasteiger charge is -2.36. The smallest absolute Gasteiger partial charge is 0.313 e. The zero-order valence-electron chi connectivity index (χ0n) is 21.3. The average Bonchev–Trinajstić information content (AvgIpc) is 3.47. The van der Waals surface area contributed by atoms with Crippen LogP contribution >= 0.6 is 0 Å². The van der Waals surface area contributed by atoms with Gasteiger partial charge in [-0.25, -0.2) is 4.68 Å². The molecule has 1 aromatic carbocycles. The highest BCUT2D eigenvalue weighted by Crippen LogP contribution is 2.44. The summed E-state index contributed by atoms with van der Waals surface area (Å²) in [5.41, 5.74) is 4.50. The summed E-state index contributed by atoms with van der Waals surface area (Å²) in [6.07, 6.45) is 2.49. The molecule has 1 saturated carbocycles. The number of benzene rings is 1. The fraction of sp³-hybridized carbons (Fsp3) is 0.556. The van der Waals surface area contributed by atoms with Crippen LogP contribution in [0.3, 0.4) is 0 Å². The summed E-state index contributed by atoms with van der Waals surface area (Å²) in [4.78, 5) is 18.3. The topological polar surface area (TPSA) is 90.1 Å². The molecule has 1 N–H and O–H groups in total. The maximum Gasteiger partial charge on any atom is 0.313 e. The Hall–Kier alpha value is -2.80. The summed E-state index contributed by atoms with van der Waals surface area (Å²) in [5, 5.41) is 18.8. The molecule has 1 aliphatic carbocycles. The van der Waals surface area contributed by atoms with E-state index in [9.17, 15) is 9.90 Å². The predicted octanol–water partition coefficient (Wildman–Crippen LogP) is 4.85. The van der Waals surface area contributed by atoms with Gasteiger partial charge in [-0.2, -0.15) is 0 Å². The summed E-state index contributed by atoms with van der Waals surface area (Å²) in [5.74, 6) is -0.00145. The number of rotatable bonds is 7. The number of fused-ring (bicyclic) bond motifs is 1. The van der Waals surface area contributed by atoms with Crippen LogP contribution < -0.4 is 0 Å². The molecule has 7 nitrogen and oxygen atoms in total. The molecule has 0 aliphatic heterocycles. The lowest BCUT2D eigenvalue weighted by molar-refractivity contribution is -0.166. The lowest BCUT2D eigenvalue weighted by Crippen LogP contribution is -2.39. The fourth-order valence-electron chi connectivity index (χ4n) is 4.53. The highest BCUT2D eigenvalue weighted by Gasteiger charge is 2.43. The molecule has 7 heteroatoms. The minimum atomic E-state index is -0.926. The van der Waals surface area contributed by atoms with Crippen molar-refractivity contribution in [3.63, 3.8) is 0 Å². The minimum Gasteiger partial charge on any atom is -0.460 e. The normalized spacial score (nSPS) is 15.5. The molecular weight excluding hydrogens is 428 g/mol. The van der Waals surface area contributed by atoms with Gasteiger partial charge in [0.15, 0.2) is 0 Å². The molecule has 0 saturated heterocycles. The fourth-order valence-corrected chi connectivity index (χ4v) is 4.53. The molecule has 2 heterocycles. The first-order valence-electron chi connectivity index (χ1n) is 12.1. The van der Waals surface area contributed by atoms with Crippen LogP contribution in [0.4, 0.5) is 0 Å². The molecule has 0 radical (unpaired) electrons. The van der Waals surface area contributed by atoms with Crippen LogP contribution in [0.1, 0.15) is 81.5 Å². The summed E-state index contributed by atoms with van der Waals surface area (Å²) < 4.78 is 7.83. The number of hydrogen-bond donors (Lipinski definition) is 1. The summed E-state index contributed by atoms with van der Waals surface area (Å²) >= 11 is 0. The molecule has 0 bridgehead atoms. The van der Waals surface area contributed by atoms with Crippen LogP contribution in [0.15, 0.2) is 24.3 Å². The number of hydrogen-bond acceptors (Lipinski definition) is 6. The number of aryl methyl sites for hydroxylation is 2. The van der Waals surface area contributed by atoms with Gasteiger partial charge in [-0.15, -0.1) is 5.10 Å². The predicted molar refractivity (Wildman–Crippen MR) is 131 cm³/mol. The van der Waals surface area contributed by atoms with Crippen molar-refractivity contribution in [2.75, 3.05) is 0 Å². The van der Waals surface area contributed by atoms with Crippen LogP contribution in [-0.4, -0.2) is 36.7 Å². The van der Waals surface area contributed by atoms with Gasteiger partial charge < -0.3 is 9.84 Å². The molecule has 4 rings (SSSR count). The van der Waals surface area contributed by atoms with Crippen LogP contribution in [0.5, 0.6) is 0 Å². The first kappa shape index (κ1) is 24.3. The molecule has 1 aliphatic rings. The van der Waals surface area contributed by atoms with E-state index in [0.29, 0.717) is 11.6 Å². The van der Waals surface area contributed by atoms with Gasteiger partial charge >= 0.3 is 5.97 Å². The van der Waals surface area contributed by atoms with Crippen LogP contribution in [-0.2, 0) is 22.7 Å². The second kappa shape index (κ2) is 8.77. The molecule has 1 atom stereocenters. The number of pyridine rings is 1. The monoisotopic (exact) mass is 464 g/mol. The van der Waals surface area contributed by atoms with E-state index < -0.39 is 16.9 Å². The Labute approximate surface area is 201 Å². The van der Waals surface area contributed by atoms with E-state index in [-0.39, 0.29) is 12.6 Å². The number of aliphatic hydroxyl groups is 1. The first-order valence-corrected chi connectivity index (χ1v) is 12.1. The van der Waals surface area contributed by atoms with Crippen LogP contribution in [0.2, 0.25) is 0 Å². The SMILES string of the molecule is Cc1ccc(C(c2ccc3c(nnn3CC3CC3)c2C)C(C)(C)C(=O)OC(C)(C)C)nc1CO. The molecule has 2 aromatic heterocycles. The van der Waals surface area contributed by atoms with Crippen molar-refractivity contribution in [3.8, 4) is 0 Å². The largest absolute Gasteiger partial charge is 0.460 e. The Morgan fingerprint density at radius 2 is 1.85 bits per heavy atom. The number of carbonyl (C=O) groups excluding carboxylic acids is 1. The van der Waals surface area contributed by atoms with Crippen molar-refractivity contribution < 1.29 is 14.6 Å². The summed E-state index contributed by atoms with van der Waals surface area (Å²) in [6.45, 7) is 14.1. The van der Waals surface area contributed by atoms with Gasteiger partial charge in [-0.3, -0.25) is 9.78 Å². The van der Waals surface area contributed by atoms with Gasteiger partial charge in [0.2, 0.25) is 0 Å². The van der Waals surface area contributed by atoms with Crippen LogP contribution in [0.25, 0.3) is 11.0 Å². The number of aliphatic hydroxyl groups excluding tert-OH is 1. The van der Waals surface area contributed by atoms with Gasteiger partial charge in [0.1, 0.15) is 11.1 Å². The third-order valence-corrected chi connectivity index (χ3v) is 6.74. The Morgan fingerprint density at radius 3 is 2.47 bits per heavy atom. The zero-order valence-corrected chi connectivity index (χ0v) is 21.3. The van der Waals surface area contributed by atoms with E-state index in [1.54, 1.807) is 0 Å². The third kappa shape index (κ3) is 4.71. The highest BCUT2D eigenvalue weighted by atomic mass is 16.6. The second-order valence-corrected chi connectivity index (χ2v) is 11.2. The molecule has 182 valence electrons. The molecule has 1 fully saturated rings. The third-order valence-electron chi connectivity index (χ3n) is 6.74. The van der Waals surface area contributed by atoms with E-state index in [2.05, 4.69) is 22.4 Å². The lowest BCUT2D eigenvalue weighted by atomic mass is 9.71. The molecule has 1 unspecified atom stereocenters. The number of carbonyl (C=O) groups is 1. The molecule has 3 aromatic rings. The Kier molecular flexibility index (Phi) is 6.27. The Balaban J connectivity index is 1.86. The maximum atomic E-state index is 13.5. The summed E-state index contributed by atoms with van der Waals surface area (Å²) in [7, 11) is 0. The van der Waals surface area contributed by atoms with E-state index in [1.807, 2.05) is 65.3 Å². The van der Waals surface area contributed by atoms with Crippen molar-refractivity contribution >= 4 is 17.0 Å². The maximum absolute atomic E-state index is 13.5. The molecule has 0 amide bonds. The zero-order chi connectivity index (χ0) is 24.8. The second-order valence-electron chi connectivity index (χ2n) is 11.2. The Morgan fingerprint density at radius 1 is 1.15 bits per heavy atom. The minimum absolute atomic E-state index is 0.160. The molecule has 0 spiro atoms. The standard InChI is InChI=1S/C27H36N4O3/c1-16-8-12-20(28-21(16)15-32)23(27(6,7)25(33)34-26(3,4)5)19-11-13-22-24(17(19)2)29-30-31(22)14-18-9-10-18/h8,11-13,18,23,32H,9-10,14-15H2,1-7H3. The highest BCUT2D eigenvalue weighted by molar-refractivity contribution is 5.82. The van der Waals surface area contributed by atoms with Gasteiger partial charge in [0.05, 0.1) is 23.2 Å². The van der Waals surface area contributed by atoms with Crippen molar-refractivity contribution in [1.29, 1.82) is 0 Å². The summed E-state index contributed by atoms with van der Waals surface area (Å²) in [6, 6.07) is 8.02. The van der Waals surface area contributed by atoms with Crippen molar-refractivity contribution in [1.82, 2.24) is 20.0 Å². The van der Waals surface area contributed by atoms with E-state index in [1.165, 1.54) is 12.8 Å². The first-order chi connectivity index (χ1) is 15.9.